The van der Waals surface area contributed by atoms with Crippen molar-refractivity contribution in [3.05, 3.63) is 51.7 Å². The van der Waals surface area contributed by atoms with E-state index in [0.717, 1.165) is 6.42 Å². The number of halogens is 1. The van der Waals surface area contributed by atoms with Crippen molar-refractivity contribution in [2.24, 2.45) is 0 Å². The highest BCUT2D eigenvalue weighted by Gasteiger charge is 2.05. The second-order valence-corrected chi connectivity index (χ2v) is 5.96. The molecule has 0 unspecified atom stereocenters. The SMILES string of the molecule is O=C(CNC(=O)NCCc1cccs1)Nc1ccc(Cl)cc1. The molecule has 0 fully saturated rings. The first-order valence-electron chi connectivity index (χ1n) is 6.73. The molecule has 3 amide bonds. The third kappa shape index (κ3) is 5.75. The summed E-state index contributed by atoms with van der Waals surface area (Å²) in [6, 6.07) is 10.4. The van der Waals surface area contributed by atoms with E-state index in [2.05, 4.69) is 16.0 Å². The predicted octanol–water partition coefficient (Wildman–Crippen LogP) is 2.88. The Balaban J connectivity index is 1.63. The topological polar surface area (TPSA) is 70.2 Å². The molecule has 5 nitrogen and oxygen atoms in total. The zero-order valence-electron chi connectivity index (χ0n) is 11.8. The molecule has 0 aliphatic heterocycles. The fourth-order valence-corrected chi connectivity index (χ4v) is 2.55. The van der Waals surface area contributed by atoms with Crippen LogP contribution in [0.2, 0.25) is 5.02 Å². The highest BCUT2D eigenvalue weighted by Crippen LogP contribution is 2.13. The van der Waals surface area contributed by atoms with E-state index in [-0.39, 0.29) is 18.5 Å². The molecule has 3 N–H and O–H groups in total. The summed E-state index contributed by atoms with van der Waals surface area (Å²) in [5.74, 6) is -0.296. The molecule has 0 bridgehead atoms. The molecule has 0 atom stereocenters. The van der Waals surface area contributed by atoms with E-state index >= 15 is 0 Å². The van der Waals surface area contributed by atoms with Crippen LogP contribution in [0.4, 0.5) is 10.5 Å². The van der Waals surface area contributed by atoms with Gasteiger partial charge in [0.15, 0.2) is 0 Å². The molecule has 0 spiro atoms. The summed E-state index contributed by atoms with van der Waals surface area (Å²) in [7, 11) is 0. The van der Waals surface area contributed by atoms with Gasteiger partial charge in [-0.3, -0.25) is 4.79 Å². The largest absolute Gasteiger partial charge is 0.338 e. The minimum atomic E-state index is -0.359. The molecule has 1 heterocycles. The van der Waals surface area contributed by atoms with Crippen LogP contribution in [0.15, 0.2) is 41.8 Å². The Bertz CT molecular complexity index is 614. The summed E-state index contributed by atoms with van der Waals surface area (Å²) in [4.78, 5) is 24.4. The van der Waals surface area contributed by atoms with Crippen LogP contribution in [0.5, 0.6) is 0 Å². The van der Waals surface area contributed by atoms with Crippen LogP contribution in [-0.2, 0) is 11.2 Å². The minimum Gasteiger partial charge on any atom is -0.338 e. The molecule has 2 rings (SSSR count). The zero-order valence-corrected chi connectivity index (χ0v) is 13.3. The number of thiophene rings is 1. The first-order chi connectivity index (χ1) is 10.6. The number of hydrogen-bond acceptors (Lipinski definition) is 3. The Hall–Kier alpha value is -2.05. The Morgan fingerprint density at radius 2 is 1.86 bits per heavy atom. The maximum Gasteiger partial charge on any atom is 0.315 e. The lowest BCUT2D eigenvalue weighted by Crippen LogP contribution is -2.40. The number of amides is 3. The maximum atomic E-state index is 11.7. The smallest absolute Gasteiger partial charge is 0.315 e. The summed E-state index contributed by atoms with van der Waals surface area (Å²) < 4.78 is 0. The van der Waals surface area contributed by atoms with Crippen molar-refractivity contribution in [2.45, 2.75) is 6.42 Å². The highest BCUT2D eigenvalue weighted by atomic mass is 35.5. The number of rotatable bonds is 6. The lowest BCUT2D eigenvalue weighted by Gasteiger charge is -2.08. The van der Waals surface area contributed by atoms with Crippen molar-refractivity contribution in [2.75, 3.05) is 18.4 Å². The van der Waals surface area contributed by atoms with Crippen LogP contribution >= 0.6 is 22.9 Å². The van der Waals surface area contributed by atoms with Crippen molar-refractivity contribution in [3.63, 3.8) is 0 Å². The van der Waals surface area contributed by atoms with Gasteiger partial charge in [-0.15, -0.1) is 11.3 Å². The van der Waals surface area contributed by atoms with Crippen molar-refractivity contribution in [1.29, 1.82) is 0 Å². The summed E-state index contributed by atoms with van der Waals surface area (Å²) in [5.41, 5.74) is 0.634. The lowest BCUT2D eigenvalue weighted by atomic mass is 10.3. The van der Waals surface area contributed by atoms with E-state index in [4.69, 9.17) is 11.6 Å². The number of anilines is 1. The van der Waals surface area contributed by atoms with Gasteiger partial charge in [0.2, 0.25) is 5.91 Å². The van der Waals surface area contributed by atoms with Crippen LogP contribution in [-0.4, -0.2) is 25.0 Å². The van der Waals surface area contributed by atoms with Gasteiger partial charge in [-0.05, 0) is 42.1 Å². The average molecular weight is 338 g/mol. The fourth-order valence-electron chi connectivity index (χ4n) is 1.72. The molecule has 0 saturated carbocycles. The van der Waals surface area contributed by atoms with E-state index < -0.39 is 0 Å². The number of carbonyl (C=O) groups excluding carboxylic acids is 2. The second kappa shape index (κ2) is 8.41. The van der Waals surface area contributed by atoms with Gasteiger partial charge in [0.25, 0.3) is 0 Å². The molecule has 7 heteroatoms. The number of benzene rings is 1. The van der Waals surface area contributed by atoms with Crippen LogP contribution in [0.1, 0.15) is 4.88 Å². The van der Waals surface area contributed by atoms with Crippen LogP contribution in [0, 0.1) is 0 Å². The van der Waals surface area contributed by atoms with Gasteiger partial charge in [0.05, 0.1) is 6.54 Å². The van der Waals surface area contributed by atoms with Crippen molar-refractivity contribution in [1.82, 2.24) is 10.6 Å². The van der Waals surface area contributed by atoms with Crippen LogP contribution < -0.4 is 16.0 Å². The third-order valence-electron chi connectivity index (χ3n) is 2.77. The summed E-state index contributed by atoms with van der Waals surface area (Å²) in [5, 5.41) is 10.5. The third-order valence-corrected chi connectivity index (χ3v) is 3.96. The number of carbonyl (C=O) groups is 2. The van der Waals surface area contributed by atoms with Crippen molar-refractivity contribution in [3.8, 4) is 0 Å². The van der Waals surface area contributed by atoms with E-state index in [1.54, 1.807) is 35.6 Å². The molecular weight excluding hydrogens is 322 g/mol. The highest BCUT2D eigenvalue weighted by molar-refractivity contribution is 7.09. The molecule has 1 aromatic heterocycles. The maximum absolute atomic E-state index is 11.7. The van der Waals surface area contributed by atoms with Crippen LogP contribution in [0.25, 0.3) is 0 Å². The molecule has 22 heavy (non-hydrogen) atoms. The number of hydrogen-bond donors (Lipinski definition) is 3. The Morgan fingerprint density at radius 1 is 1.09 bits per heavy atom. The van der Waals surface area contributed by atoms with E-state index in [0.29, 0.717) is 17.3 Å². The van der Waals surface area contributed by atoms with E-state index in [1.807, 2.05) is 17.5 Å². The Labute approximate surface area is 137 Å². The Kier molecular flexibility index (Phi) is 6.24. The average Bonchev–Trinajstić information content (AvgIpc) is 3.01. The zero-order chi connectivity index (χ0) is 15.8. The Morgan fingerprint density at radius 3 is 2.55 bits per heavy atom. The van der Waals surface area contributed by atoms with Gasteiger partial charge < -0.3 is 16.0 Å². The van der Waals surface area contributed by atoms with E-state index in [1.165, 1.54) is 4.88 Å². The molecule has 1 aromatic carbocycles. The van der Waals surface area contributed by atoms with Crippen molar-refractivity contribution >= 4 is 40.6 Å². The quantitative estimate of drug-likeness (QED) is 0.758. The molecule has 0 aliphatic carbocycles. The van der Waals surface area contributed by atoms with Gasteiger partial charge in [0, 0.05) is 22.1 Å². The van der Waals surface area contributed by atoms with Crippen molar-refractivity contribution < 1.29 is 9.59 Å². The minimum absolute atomic E-state index is 0.0898. The molecule has 0 aliphatic rings. The van der Waals surface area contributed by atoms with Crippen LogP contribution in [0.3, 0.4) is 0 Å². The molecule has 2 aromatic rings. The molecule has 0 saturated heterocycles. The van der Waals surface area contributed by atoms with Gasteiger partial charge in [-0.2, -0.15) is 0 Å². The predicted molar refractivity (Wildman–Crippen MR) is 89.5 cm³/mol. The fraction of sp³-hybridized carbons (Fsp3) is 0.200. The number of urea groups is 1. The summed E-state index contributed by atoms with van der Waals surface area (Å²) in [6.07, 6.45) is 0.780. The normalized spacial score (nSPS) is 10.0. The molecule has 0 radical (unpaired) electrons. The summed E-state index contributed by atoms with van der Waals surface area (Å²) in [6.45, 7) is 0.443. The number of nitrogens with one attached hydrogen (secondary N) is 3. The monoisotopic (exact) mass is 337 g/mol. The molecular formula is C15H16ClN3O2S. The standard InChI is InChI=1S/C15H16ClN3O2S/c16-11-3-5-12(6-4-11)19-14(20)10-18-15(21)17-8-7-13-2-1-9-22-13/h1-6,9H,7-8,10H2,(H,19,20)(H2,17,18,21). The summed E-state index contributed by atoms with van der Waals surface area (Å²) >= 11 is 7.41. The van der Waals surface area contributed by atoms with Gasteiger partial charge >= 0.3 is 6.03 Å². The first kappa shape index (κ1) is 16.3. The second-order valence-electron chi connectivity index (χ2n) is 4.49. The lowest BCUT2D eigenvalue weighted by molar-refractivity contribution is -0.115. The van der Waals surface area contributed by atoms with Gasteiger partial charge in [-0.25, -0.2) is 4.79 Å². The molecule has 116 valence electrons. The van der Waals surface area contributed by atoms with E-state index in [9.17, 15) is 9.59 Å². The van der Waals surface area contributed by atoms with Gasteiger partial charge in [0.1, 0.15) is 0 Å². The first-order valence-corrected chi connectivity index (χ1v) is 7.99. The van der Waals surface area contributed by atoms with Gasteiger partial charge in [-0.1, -0.05) is 17.7 Å².